The highest BCUT2D eigenvalue weighted by molar-refractivity contribution is 7.48. The summed E-state index contributed by atoms with van der Waals surface area (Å²) >= 11 is 0. The van der Waals surface area contributed by atoms with E-state index in [0.717, 1.165) is 0 Å². The van der Waals surface area contributed by atoms with E-state index < -0.39 is 20.0 Å². The smallest absolute Gasteiger partial charge is 0.233 e. The summed E-state index contributed by atoms with van der Waals surface area (Å²) in [6.07, 6.45) is 1.36. The van der Waals surface area contributed by atoms with Gasteiger partial charge in [0.15, 0.2) is 14.2 Å². The molecule has 0 saturated heterocycles. The van der Waals surface area contributed by atoms with Crippen molar-refractivity contribution in [3.05, 3.63) is 47.8 Å². The van der Waals surface area contributed by atoms with E-state index in [1.54, 1.807) is 12.1 Å². The SMILES string of the molecule is CCOP(CC(=O)Nc1cc2c(Nc3ccc(F)c(C)c3F)ncnc2cc1OC)OCC. The van der Waals surface area contributed by atoms with E-state index in [9.17, 15) is 13.6 Å². The molecule has 2 aromatic carbocycles. The Hall–Kier alpha value is -2.94. The molecule has 0 fully saturated rings. The van der Waals surface area contributed by atoms with E-state index in [1.807, 2.05) is 13.8 Å². The number of anilines is 3. The third-order valence-corrected chi connectivity index (χ3v) is 6.26. The first-order valence-corrected chi connectivity index (χ1v) is 11.6. The summed E-state index contributed by atoms with van der Waals surface area (Å²) in [5.41, 5.74) is 0.849. The van der Waals surface area contributed by atoms with Crippen molar-refractivity contribution < 1.29 is 27.4 Å². The zero-order valence-electron chi connectivity index (χ0n) is 18.7. The highest BCUT2D eigenvalue weighted by Crippen LogP contribution is 2.39. The molecule has 0 atom stereocenters. The van der Waals surface area contributed by atoms with Crippen LogP contribution >= 0.6 is 8.38 Å². The van der Waals surface area contributed by atoms with Gasteiger partial charge in [-0.2, -0.15) is 0 Å². The monoisotopic (exact) mass is 478 g/mol. The summed E-state index contributed by atoms with van der Waals surface area (Å²) in [4.78, 5) is 21.0. The van der Waals surface area contributed by atoms with Crippen LogP contribution in [0.25, 0.3) is 10.9 Å². The van der Waals surface area contributed by atoms with Gasteiger partial charge in [0.25, 0.3) is 0 Å². The van der Waals surface area contributed by atoms with Gasteiger partial charge in [-0.3, -0.25) is 4.79 Å². The summed E-state index contributed by atoms with van der Waals surface area (Å²) < 4.78 is 44.5. The van der Waals surface area contributed by atoms with E-state index in [4.69, 9.17) is 13.8 Å². The van der Waals surface area contributed by atoms with Gasteiger partial charge in [0.1, 0.15) is 23.7 Å². The first-order valence-electron chi connectivity index (χ1n) is 10.2. The average molecular weight is 478 g/mol. The fraction of sp³-hybridized carbons (Fsp3) is 0.318. The van der Waals surface area contributed by atoms with Gasteiger partial charge in [0.2, 0.25) is 5.91 Å². The van der Waals surface area contributed by atoms with Gasteiger partial charge >= 0.3 is 0 Å². The second-order valence-electron chi connectivity index (χ2n) is 6.83. The topological polar surface area (TPSA) is 94.6 Å². The predicted molar refractivity (Wildman–Crippen MR) is 124 cm³/mol. The number of fused-ring (bicyclic) bond motifs is 1. The number of ether oxygens (including phenoxy) is 1. The Kier molecular flexibility index (Phi) is 8.43. The maximum absolute atomic E-state index is 14.5. The number of amides is 1. The van der Waals surface area contributed by atoms with Crippen LogP contribution in [0, 0.1) is 18.6 Å². The molecule has 0 aliphatic rings. The molecule has 0 bridgehead atoms. The molecule has 0 aliphatic heterocycles. The first kappa shape index (κ1) is 24.7. The van der Waals surface area contributed by atoms with Crippen LogP contribution in [0.3, 0.4) is 0 Å². The molecule has 0 radical (unpaired) electrons. The number of benzene rings is 2. The number of carbonyl (C=O) groups excluding carboxylic acids is 1. The Morgan fingerprint density at radius 2 is 1.82 bits per heavy atom. The number of aromatic nitrogens is 2. The van der Waals surface area contributed by atoms with Crippen molar-refractivity contribution >= 4 is 42.4 Å². The quantitative estimate of drug-likeness (QED) is 0.382. The minimum Gasteiger partial charge on any atom is -0.494 e. The van der Waals surface area contributed by atoms with Crippen LogP contribution in [0.1, 0.15) is 19.4 Å². The van der Waals surface area contributed by atoms with Gasteiger partial charge in [-0.15, -0.1) is 0 Å². The molecule has 0 spiro atoms. The predicted octanol–water partition coefficient (Wildman–Crippen LogP) is 5.29. The highest BCUT2D eigenvalue weighted by Gasteiger charge is 2.19. The average Bonchev–Trinajstić information content (AvgIpc) is 2.79. The van der Waals surface area contributed by atoms with E-state index in [2.05, 4.69) is 20.6 Å². The van der Waals surface area contributed by atoms with Gasteiger partial charge in [-0.25, -0.2) is 18.7 Å². The Balaban J connectivity index is 1.93. The zero-order chi connectivity index (χ0) is 24.0. The Morgan fingerprint density at radius 1 is 1.09 bits per heavy atom. The van der Waals surface area contributed by atoms with Gasteiger partial charge in [0.05, 0.1) is 43.4 Å². The van der Waals surface area contributed by atoms with Crippen molar-refractivity contribution in [1.82, 2.24) is 9.97 Å². The lowest BCUT2D eigenvalue weighted by Gasteiger charge is -2.17. The number of nitrogens with zero attached hydrogens (tertiary/aromatic N) is 2. The number of hydrogen-bond acceptors (Lipinski definition) is 7. The van der Waals surface area contributed by atoms with Crippen molar-refractivity contribution in [2.24, 2.45) is 0 Å². The molecule has 3 aromatic rings. The summed E-state index contributed by atoms with van der Waals surface area (Å²) in [7, 11) is 0.117. The van der Waals surface area contributed by atoms with Crippen LogP contribution in [-0.2, 0) is 13.8 Å². The van der Waals surface area contributed by atoms with Gasteiger partial charge in [0, 0.05) is 17.0 Å². The maximum Gasteiger partial charge on any atom is 0.233 e. The molecule has 0 aliphatic carbocycles. The van der Waals surface area contributed by atoms with Gasteiger partial charge in [-0.05, 0) is 39.0 Å². The summed E-state index contributed by atoms with van der Waals surface area (Å²) in [5.74, 6) is -0.994. The molecule has 33 heavy (non-hydrogen) atoms. The van der Waals surface area contributed by atoms with Gasteiger partial charge in [-0.1, -0.05) is 0 Å². The molecule has 176 valence electrons. The lowest BCUT2D eigenvalue weighted by atomic mass is 10.1. The summed E-state index contributed by atoms with van der Waals surface area (Å²) in [6.45, 7) is 5.89. The second-order valence-corrected chi connectivity index (χ2v) is 8.32. The fourth-order valence-corrected chi connectivity index (χ4v) is 4.21. The molecule has 0 unspecified atom stereocenters. The Morgan fingerprint density at radius 3 is 2.48 bits per heavy atom. The third kappa shape index (κ3) is 5.90. The molecule has 1 aromatic heterocycles. The molecular weight excluding hydrogens is 453 g/mol. The summed E-state index contributed by atoms with van der Waals surface area (Å²) in [5, 5.41) is 6.20. The van der Waals surface area contributed by atoms with E-state index in [0.29, 0.717) is 35.6 Å². The van der Waals surface area contributed by atoms with Crippen molar-refractivity contribution in [2.45, 2.75) is 20.8 Å². The molecule has 8 nitrogen and oxygen atoms in total. The number of rotatable bonds is 10. The zero-order valence-corrected chi connectivity index (χ0v) is 19.6. The standard InChI is InChI=1S/C22H25F2N4O4P/c1-5-31-33(32-6-2)11-20(29)27-18-9-14-17(10-19(18)30-4)25-12-26-22(14)28-16-8-7-15(23)13(3)21(16)24/h7-10,12H,5-6,11H2,1-4H3,(H,27,29)(H,25,26,28). The number of nitrogens with one attached hydrogen (secondary N) is 2. The molecule has 2 N–H and O–H groups in total. The van der Waals surface area contributed by atoms with Crippen LogP contribution in [-0.4, -0.2) is 42.4 Å². The van der Waals surface area contributed by atoms with Crippen molar-refractivity contribution in [2.75, 3.05) is 37.1 Å². The number of methoxy groups -OCH3 is 1. The van der Waals surface area contributed by atoms with Crippen molar-refractivity contribution in [3.63, 3.8) is 0 Å². The molecule has 1 amide bonds. The molecule has 1 heterocycles. The molecular formula is C22H25F2N4O4P. The maximum atomic E-state index is 14.5. The highest BCUT2D eigenvalue weighted by atomic mass is 31.2. The fourth-order valence-electron chi connectivity index (χ4n) is 3.06. The van der Waals surface area contributed by atoms with E-state index in [1.165, 1.54) is 32.5 Å². The number of hydrogen-bond donors (Lipinski definition) is 2. The van der Waals surface area contributed by atoms with Crippen LogP contribution in [0.4, 0.5) is 26.0 Å². The number of carbonyl (C=O) groups is 1. The van der Waals surface area contributed by atoms with Gasteiger partial charge < -0.3 is 24.4 Å². The lowest BCUT2D eigenvalue weighted by molar-refractivity contribution is -0.114. The molecule has 0 saturated carbocycles. The summed E-state index contributed by atoms with van der Waals surface area (Å²) in [6, 6.07) is 5.74. The second kappa shape index (κ2) is 11.3. The van der Waals surface area contributed by atoms with Crippen LogP contribution < -0.4 is 15.4 Å². The van der Waals surface area contributed by atoms with Crippen LogP contribution in [0.15, 0.2) is 30.6 Å². The first-order chi connectivity index (χ1) is 15.9. The number of halogens is 2. The largest absolute Gasteiger partial charge is 0.494 e. The minimum atomic E-state index is -1.36. The lowest BCUT2D eigenvalue weighted by Crippen LogP contribution is -2.17. The van der Waals surface area contributed by atoms with Crippen LogP contribution in [0.5, 0.6) is 5.75 Å². The Bertz CT molecular complexity index is 1140. The molecule has 11 heteroatoms. The van der Waals surface area contributed by atoms with E-state index in [-0.39, 0.29) is 29.1 Å². The van der Waals surface area contributed by atoms with Crippen LogP contribution in [0.2, 0.25) is 0 Å². The third-order valence-electron chi connectivity index (χ3n) is 4.62. The van der Waals surface area contributed by atoms with E-state index >= 15 is 0 Å². The van der Waals surface area contributed by atoms with Crippen molar-refractivity contribution in [3.8, 4) is 5.75 Å². The normalized spacial score (nSPS) is 11.1. The minimum absolute atomic E-state index is 0.0503. The van der Waals surface area contributed by atoms with Crippen molar-refractivity contribution in [1.29, 1.82) is 0 Å². The molecule has 3 rings (SSSR count). The Labute approximate surface area is 191 Å².